The molecule has 18 heteroatoms. The van der Waals surface area contributed by atoms with Gasteiger partial charge in [-0.15, -0.1) is 0 Å². The molecule has 0 radical (unpaired) electrons. The van der Waals surface area contributed by atoms with Crippen LogP contribution in [-0.4, -0.2) is 90.2 Å². The van der Waals surface area contributed by atoms with E-state index in [4.69, 9.17) is 4.18 Å². The maximum absolute atomic E-state index is 14.2. The van der Waals surface area contributed by atoms with Gasteiger partial charge in [-0.2, -0.15) is 13.5 Å². The Hall–Kier alpha value is -3.61. The van der Waals surface area contributed by atoms with Gasteiger partial charge >= 0.3 is 0 Å². The summed E-state index contributed by atoms with van der Waals surface area (Å²) in [6.45, 7) is 2.96. The fourth-order valence-corrected chi connectivity index (χ4v) is 8.89. The Balaban J connectivity index is 1.27. The molecule has 3 aliphatic carbocycles. The van der Waals surface area contributed by atoms with Crippen LogP contribution in [0, 0.1) is 11.8 Å². The van der Waals surface area contributed by atoms with Crippen molar-refractivity contribution in [2.24, 2.45) is 18.9 Å². The highest BCUT2D eigenvalue weighted by Crippen LogP contribution is 2.47. The summed E-state index contributed by atoms with van der Waals surface area (Å²) in [6, 6.07) is 4.92. The van der Waals surface area contributed by atoms with Gasteiger partial charge in [0.15, 0.2) is 0 Å². The lowest BCUT2D eigenvalue weighted by Gasteiger charge is -2.30. The molecule has 1 aromatic carbocycles. The lowest BCUT2D eigenvalue weighted by molar-refractivity contribution is -0.141. The summed E-state index contributed by atoms with van der Waals surface area (Å²) >= 11 is 3.27. The Morgan fingerprint density at radius 1 is 1.08 bits per heavy atom. The number of aromatic nitrogens is 2. The number of likely N-dealkylation sites (tertiary alicyclic amines) is 1. The van der Waals surface area contributed by atoms with E-state index in [9.17, 15) is 36.0 Å². The average Bonchev–Trinajstić information content (AvgIpc) is 4.01. The van der Waals surface area contributed by atoms with Crippen LogP contribution in [0.4, 0.5) is 0 Å². The third kappa shape index (κ3) is 7.25. The van der Waals surface area contributed by atoms with Crippen LogP contribution in [0.5, 0.6) is 0 Å². The van der Waals surface area contributed by atoms with Crippen molar-refractivity contribution in [3.05, 3.63) is 58.8 Å². The second-order valence-electron chi connectivity index (χ2n) is 13.7. The molecule has 3 N–H and O–H groups in total. The van der Waals surface area contributed by atoms with E-state index in [0.717, 1.165) is 0 Å². The highest BCUT2D eigenvalue weighted by molar-refractivity contribution is 9.10. The number of benzene rings is 1. The number of sulfonamides is 1. The third-order valence-electron chi connectivity index (χ3n) is 9.83. The summed E-state index contributed by atoms with van der Waals surface area (Å²) in [4.78, 5) is 56.1. The molecule has 4 amide bonds. The van der Waals surface area contributed by atoms with Crippen molar-refractivity contribution < 1.29 is 40.2 Å². The van der Waals surface area contributed by atoms with Crippen molar-refractivity contribution in [2.45, 2.75) is 85.7 Å². The van der Waals surface area contributed by atoms with Crippen molar-refractivity contribution in [1.29, 1.82) is 0 Å². The van der Waals surface area contributed by atoms with Gasteiger partial charge in [-0.1, -0.05) is 28.1 Å². The molecule has 2 aromatic rings. The summed E-state index contributed by atoms with van der Waals surface area (Å²) in [5, 5.41) is 9.57. The van der Waals surface area contributed by atoms with Crippen LogP contribution in [0.1, 0.15) is 62.9 Å². The Bertz CT molecular complexity index is 1960. The van der Waals surface area contributed by atoms with E-state index in [1.807, 2.05) is 0 Å². The van der Waals surface area contributed by atoms with E-state index in [1.54, 1.807) is 32.3 Å². The first kappa shape index (κ1) is 36.2. The Morgan fingerprint density at radius 2 is 1.76 bits per heavy atom. The molecule has 4 fully saturated rings. The van der Waals surface area contributed by atoms with E-state index in [1.165, 1.54) is 46.8 Å². The molecule has 4 aliphatic rings. The van der Waals surface area contributed by atoms with Crippen molar-refractivity contribution in [2.75, 3.05) is 6.54 Å². The molecular formula is C32H39BrN6O9S2. The molecule has 0 bridgehead atoms. The largest absolute Gasteiger partial charge is 0.339 e. The standard InChI is InChI=1S/C32H39BrN6O9S2/c1-4-5-20-17-32(20,30(43)37-50(46,47)31(2)13-14-31)35-28(41)25-16-22(48-49(44,45)23-10-8-21(33)9-11-23)18-39(25)29(42)26(19-6-7-19)34-27(40)24-12-15-38(3)36-24/h4-5,8-12,15,19-20,22,25-26H,6-7,13-14,16-18H2,1-3H3,(H,34,40)(H,35,41)(H,37,43)/b5-4-/t20-,22+,25?,26+,32-/m1/s1. The number of nitrogens with zero attached hydrogens (tertiary/aromatic N) is 3. The first-order chi connectivity index (χ1) is 23.5. The van der Waals surface area contributed by atoms with Crippen molar-refractivity contribution in [1.82, 2.24) is 30.0 Å². The zero-order chi connectivity index (χ0) is 36.2. The summed E-state index contributed by atoms with van der Waals surface area (Å²) < 4.78 is 61.2. The Kier molecular flexibility index (Phi) is 9.54. The molecule has 1 saturated heterocycles. The monoisotopic (exact) mass is 794 g/mol. The van der Waals surface area contributed by atoms with Crippen LogP contribution in [0.25, 0.3) is 0 Å². The zero-order valence-corrected chi connectivity index (χ0v) is 30.9. The second-order valence-corrected chi connectivity index (χ2v) is 18.4. The van der Waals surface area contributed by atoms with E-state index < -0.39 is 78.2 Å². The molecule has 15 nitrogen and oxygen atoms in total. The number of hydrogen-bond acceptors (Lipinski definition) is 10. The number of halogens is 1. The number of aryl methyl sites for hydroxylation is 1. The van der Waals surface area contributed by atoms with Crippen molar-refractivity contribution >= 4 is 59.7 Å². The van der Waals surface area contributed by atoms with Crippen LogP contribution in [-0.2, 0) is 45.8 Å². The number of rotatable bonds is 13. The van der Waals surface area contributed by atoms with Gasteiger partial charge in [-0.05, 0) is 82.2 Å². The van der Waals surface area contributed by atoms with Crippen LogP contribution in [0.3, 0.4) is 0 Å². The average molecular weight is 796 g/mol. The van der Waals surface area contributed by atoms with Crippen LogP contribution < -0.4 is 15.4 Å². The maximum atomic E-state index is 14.2. The van der Waals surface area contributed by atoms with Gasteiger partial charge in [0.2, 0.25) is 21.8 Å². The number of carbonyl (C=O) groups is 4. The summed E-state index contributed by atoms with van der Waals surface area (Å²) in [5.41, 5.74) is -1.52. The molecule has 270 valence electrons. The molecule has 0 spiro atoms. The first-order valence-corrected chi connectivity index (χ1v) is 20.0. The van der Waals surface area contributed by atoms with Crippen LogP contribution in [0.2, 0.25) is 0 Å². The first-order valence-electron chi connectivity index (χ1n) is 16.3. The van der Waals surface area contributed by atoms with Gasteiger partial charge in [0.1, 0.15) is 23.3 Å². The van der Waals surface area contributed by atoms with Crippen LogP contribution >= 0.6 is 15.9 Å². The predicted octanol–water partition coefficient (Wildman–Crippen LogP) is 1.52. The maximum Gasteiger partial charge on any atom is 0.297 e. The molecule has 1 aromatic heterocycles. The topological polar surface area (TPSA) is 203 Å². The van der Waals surface area contributed by atoms with E-state index in [0.29, 0.717) is 30.2 Å². The summed E-state index contributed by atoms with van der Waals surface area (Å²) in [5.74, 6) is -3.62. The minimum atomic E-state index is -4.33. The van der Waals surface area contributed by atoms with E-state index >= 15 is 0 Å². The van der Waals surface area contributed by atoms with Gasteiger partial charge in [-0.3, -0.25) is 32.8 Å². The number of hydrogen-bond donors (Lipinski definition) is 3. The Morgan fingerprint density at radius 3 is 2.34 bits per heavy atom. The Labute approximate surface area is 298 Å². The predicted molar refractivity (Wildman–Crippen MR) is 182 cm³/mol. The van der Waals surface area contributed by atoms with Gasteiger partial charge in [0.05, 0.1) is 15.7 Å². The normalized spacial score (nSPS) is 26.3. The lowest BCUT2D eigenvalue weighted by atomic mass is 10.1. The molecule has 3 saturated carbocycles. The molecular weight excluding hydrogens is 756 g/mol. The van der Waals surface area contributed by atoms with Gasteiger partial charge in [0, 0.05) is 36.6 Å². The van der Waals surface area contributed by atoms with Gasteiger partial charge in [-0.25, -0.2) is 8.42 Å². The number of amides is 4. The highest BCUT2D eigenvalue weighted by atomic mass is 79.9. The molecule has 6 rings (SSSR count). The summed E-state index contributed by atoms with van der Waals surface area (Å²) in [6.07, 6.45) is 5.76. The molecule has 2 heterocycles. The van der Waals surface area contributed by atoms with Crippen molar-refractivity contribution in [3.63, 3.8) is 0 Å². The minimum Gasteiger partial charge on any atom is -0.339 e. The molecule has 5 atom stereocenters. The molecule has 1 aliphatic heterocycles. The molecule has 1 unspecified atom stereocenters. The minimum absolute atomic E-state index is 0.0928. The highest BCUT2D eigenvalue weighted by Gasteiger charge is 2.63. The quantitative estimate of drug-likeness (QED) is 0.197. The smallest absolute Gasteiger partial charge is 0.297 e. The van der Waals surface area contributed by atoms with E-state index in [-0.39, 0.29) is 35.9 Å². The zero-order valence-electron chi connectivity index (χ0n) is 27.7. The fraction of sp³-hybridized carbons (Fsp3) is 0.531. The summed E-state index contributed by atoms with van der Waals surface area (Å²) in [7, 11) is -6.71. The SMILES string of the molecule is C/C=C\[C@@H]1C[C@]1(NC(=O)C1C[C@H](OS(=O)(=O)c2ccc(Br)cc2)CN1C(=O)[C@@H](NC(=O)c1ccn(C)n1)C1CC1)C(=O)NS(=O)(=O)C1(C)CC1. The van der Waals surface area contributed by atoms with Crippen molar-refractivity contribution in [3.8, 4) is 0 Å². The van der Waals surface area contributed by atoms with Gasteiger partial charge in [0.25, 0.3) is 21.9 Å². The van der Waals surface area contributed by atoms with Gasteiger partial charge < -0.3 is 15.5 Å². The van der Waals surface area contributed by atoms with Crippen LogP contribution in [0.15, 0.2) is 58.0 Å². The third-order valence-corrected chi connectivity index (χ3v) is 13.9. The number of carbonyl (C=O) groups excluding carboxylic acids is 4. The number of allylic oxidation sites excluding steroid dienone is 1. The molecule has 50 heavy (non-hydrogen) atoms. The fourth-order valence-electron chi connectivity index (χ4n) is 6.23. The lowest BCUT2D eigenvalue weighted by Crippen LogP contribution is -2.59. The van der Waals surface area contributed by atoms with E-state index in [2.05, 4.69) is 36.4 Å². The second kappa shape index (κ2) is 13.2. The number of nitrogens with one attached hydrogen (secondary N) is 3.